The molecule has 0 aliphatic carbocycles. The normalized spacial score (nSPS) is 18.7. The summed E-state index contributed by atoms with van der Waals surface area (Å²) in [4.78, 5) is 13.5. The second kappa shape index (κ2) is 5.50. The number of nitrogens with zero attached hydrogens (tertiary/aromatic N) is 1. The molecule has 1 aromatic carbocycles. The van der Waals surface area contributed by atoms with Crippen molar-refractivity contribution in [2.75, 3.05) is 13.1 Å². The lowest BCUT2D eigenvalue weighted by molar-refractivity contribution is -0.271. The molecule has 1 heterocycles. The number of aryl methyl sites for hydroxylation is 1. The summed E-state index contributed by atoms with van der Waals surface area (Å²) in [7, 11) is 0. The van der Waals surface area contributed by atoms with Gasteiger partial charge in [0.2, 0.25) is 0 Å². The Balaban J connectivity index is 2.08. The second-order valence-corrected chi connectivity index (χ2v) is 5.69. The van der Waals surface area contributed by atoms with Crippen molar-refractivity contribution in [3.8, 4) is 0 Å². The van der Waals surface area contributed by atoms with Gasteiger partial charge >= 0.3 is 6.18 Å². The first-order chi connectivity index (χ1) is 9.64. The first-order valence-corrected chi connectivity index (χ1v) is 6.86. The molecule has 0 atom stereocenters. The molecule has 1 aliphatic heterocycles. The van der Waals surface area contributed by atoms with Crippen LogP contribution in [0.1, 0.15) is 28.8 Å². The molecule has 7 heteroatoms. The van der Waals surface area contributed by atoms with Crippen molar-refractivity contribution in [3.05, 3.63) is 34.3 Å². The lowest BCUT2D eigenvalue weighted by Gasteiger charge is -2.39. The van der Waals surface area contributed by atoms with E-state index in [1.807, 2.05) is 0 Å². The van der Waals surface area contributed by atoms with Crippen molar-refractivity contribution in [2.24, 2.45) is 0 Å². The Hall–Kier alpha value is -1.27. The van der Waals surface area contributed by atoms with Gasteiger partial charge in [-0.1, -0.05) is 17.7 Å². The smallest absolute Gasteiger partial charge is 0.380 e. The minimum Gasteiger partial charge on any atom is -0.380 e. The summed E-state index contributed by atoms with van der Waals surface area (Å²) in [6, 6.07) is 4.78. The van der Waals surface area contributed by atoms with E-state index < -0.39 is 24.6 Å². The molecule has 0 bridgehead atoms. The summed E-state index contributed by atoms with van der Waals surface area (Å²) in [5, 5.41) is 10.0. The molecule has 0 saturated carbocycles. The topological polar surface area (TPSA) is 40.5 Å². The molecule has 1 amide bonds. The molecule has 0 unspecified atom stereocenters. The van der Waals surface area contributed by atoms with Crippen LogP contribution in [-0.2, 0) is 0 Å². The number of carbonyl (C=O) groups excluding carboxylic acids is 1. The molecule has 3 nitrogen and oxygen atoms in total. The van der Waals surface area contributed by atoms with Crippen LogP contribution in [0.15, 0.2) is 18.2 Å². The summed E-state index contributed by atoms with van der Waals surface area (Å²) in [5.41, 5.74) is -1.55. The maximum atomic E-state index is 12.7. The fourth-order valence-electron chi connectivity index (χ4n) is 2.27. The van der Waals surface area contributed by atoms with Crippen LogP contribution in [0.3, 0.4) is 0 Å². The zero-order valence-corrected chi connectivity index (χ0v) is 12.1. The van der Waals surface area contributed by atoms with Gasteiger partial charge in [0.15, 0.2) is 5.60 Å². The number of alkyl halides is 3. The van der Waals surface area contributed by atoms with Crippen molar-refractivity contribution in [1.82, 2.24) is 4.90 Å². The van der Waals surface area contributed by atoms with Crippen molar-refractivity contribution >= 4 is 17.5 Å². The van der Waals surface area contributed by atoms with Gasteiger partial charge in [-0.3, -0.25) is 4.79 Å². The monoisotopic (exact) mass is 321 g/mol. The molecule has 1 aromatic rings. The summed E-state index contributed by atoms with van der Waals surface area (Å²) in [5.74, 6) is -0.374. The van der Waals surface area contributed by atoms with Crippen LogP contribution in [0.5, 0.6) is 0 Å². The Morgan fingerprint density at radius 3 is 2.38 bits per heavy atom. The largest absolute Gasteiger partial charge is 0.417 e. The lowest BCUT2D eigenvalue weighted by atomic mass is 9.90. The van der Waals surface area contributed by atoms with Crippen molar-refractivity contribution in [3.63, 3.8) is 0 Å². The number of hydrogen-bond acceptors (Lipinski definition) is 2. The van der Waals surface area contributed by atoms with Crippen molar-refractivity contribution < 1.29 is 23.1 Å². The fourth-order valence-corrected chi connectivity index (χ4v) is 2.45. The number of piperidine rings is 1. The highest BCUT2D eigenvalue weighted by Gasteiger charge is 2.54. The second-order valence-electron chi connectivity index (χ2n) is 5.29. The van der Waals surface area contributed by atoms with Gasteiger partial charge in [0.05, 0.1) is 0 Å². The van der Waals surface area contributed by atoms with Crippen LogP contribution in [0.2, 0.25) is 5.02 Å². The van der Waals surface area contributed by atoms with E-state index in [0.717, 1.165) is 5.56 Å². The number of likely N-dealkylation sites (tertiary alicyclic amines) is 1. The molecule has 2 rings (SSSR count). The zero-order valence-electron chi connectivity index (χ0n) is 11.4. The quantitative estimate of drug-likeness (QED) is 0.863. The lowest BCUT2D eigenvalue weighted by Crippen LogP contribution is -2.54. The number of benzene rings is 1. The van der Waals surface area contributed by atoms with Crippen LogP contribution < -0.4 is 0 Å². The van der Waals surface area contributed by atoms with E-state index in [2.05, 4.69) is 0 Å². The SMILES string of the molecule is Cc1ccc(C(=O)N2CCC(O)(C(F)(F)F)CC2)cc1Cl. The summed E-state index contributed by atoms with van der Waals surface area (Å²) in [6.07, 6.45) is -5.70. The van der Waals surface area contributed by atoms with E-state index in [-0.39, 0.29) is 19.0 Å². The van der Waals surface area contributed by atoms with Gasteiger partial charge in [0, 0.05) is 36.5 Å². The van der Waals surface area contributed by atoms with E-state index in [9.17, 15) is 23.1 Å². The maximum Gasteiger partial charge on any atom is 0.417 e. The van der Waals surface area contributed by atoms with Crippen molar-refractivity contribution in [2.45, 2.75) is 31.5 Å². The van der Waals surface area contributed by atoms with Crippen LogP contribution in [0.25, 0.3) is 0 Å². The van der Waals surface area contributed by atoms with Gasteiger partial charge in [-0.2, -0.15) is 13.2 Å². The van der Waals surface area contributed by atoms with Crippen LogP contribution in [-0.4, -0.2) is 40.8 Å². The van der Waals surface area contributed by atoms with E-state index in [1.54, 1.807) is 19.1 Å². The van der Waals surface area contributed by atoms with Gasteiger partial charge in [-0.15, -0.1) is 0 Å². The first kappa shape index (κ1) is 16.1. The number of hydrogen-bond donors (Lipinski definition) is 1. The van der Waals surface area contributed by atoms with Gasteiger partial charge in [-0.05, 0) is 24.6 Å². The molecule has 1 fully saturated rings. The Labute approximate surface area is 125 Å². The van der Waals surface area contributed by atoms with Gasteiger partial charge in [0.25, 0.3) is 5.91 Å². The first-order valence-electron chi connectivity index (χ1n) is 6.48. The number of aliphatic hydroxyl groups is 1. The molecule has 116 valence electrons. The summed E-state index contributed by atoms with van der Waals surface area (Å²) in [6.45, 7) is 1.52. The Morgan fingerprint density at radius 1 is 1.33 bits per heavy atom. The third-order valence-electron chi connectivity index (χ3n) is 3.82. The number of carbonyl (C=O) groups is 1. The fraction of sp³-hybridized carbons (Fsp3) is 0.500. The van der Waals surface area contributed by atoms with Crippen molar-refractivity contribution in [1.29, 1.82) is 0 Å². The molecule has 0 radical (unpaired) electrons. The minimum absolute atomic E-state index is 0.139. The third-order valence-corrected chi connectivity index (χ3v) is 4.23. The Morgan fingerprint density at radius 2 is 1.90 bits per heavy atom. The summed E-state index contributed by atoms with van der Waals surface area (Å²) < 4.78 is 38.1. The van der Waals surface area contributed by atoms with Gasteiger partial charge < -0.3 is 10.0 Å². The molecule has 1 saturated heterocycles. The minimum atomic E-state index is -4.67. The predicted octanol–water partition coefficient (Wildman–Crippen LogP) is 3.18. The molecular formula is C14H15ClF3NO2. The van der Waals surface area contributed by atoms with E-state index in [1.165, 1.54) is 11.0 Å². The maximum absolute atomic E-state index is 12.7. The van der Waals surface area contributed by atoms with Crippen LogP contribution in [0, 0.1) is 6.92 Å². The Kier molecular flexibility index (Phi) is 4.22. The molecule has 1 N–H and O–H groups in total. The van der Waals surface area contributed by atoms with E-state index in [0.29, 0.717) is 10.6 Å². The number of rotatable bonds is 1. The molecular weight excluding hydrogens is 307 g/mol. The number of halogens is 4. The summed E-state index contributed by atoms with van der Waals surface area (Å²) >= 11 is 5.94. The number of amides is 1. The van der Waals surface area contributed by atoms with E-state index in [4.69, 9.17) is 11.6 Å². The highest BCUT2D eigenvalue weighted by molar-refractivity contribution is 6.31. The average Bonchev–Trinajstić information content (AvgIpc) is 2.41. The van der Waals surface area contributed by atoms with Crippen LogP contribution in [0.4, 0.5) is 13.2 Å². The Bertz CT molecular complexity index is 552. The van der Waals surface area contributed by atoms with Gasteiger partial charge in [0.1, 0.15) is 0 Å². The molecule has 0 spiro atoms. The standard InChI is InChI=1S/C14H15ClF3NO2/c1-9-2-3-10(8-11(9)15)12(20)19-6-4-13(21,5-7-19)14(16,17)18/h2-3,8,21H,4-7H2,1H3. The van der Waals surface area contributed by atoms with E-state index >= 15 is 0 Å². The average molecular weight is 322 g/mol. The van der Waals surface area contributed by atoms with Crippen LogP contribution >= 0.6 is 11.6 Å². The highest BCUT2D eigenvalue weighted by atomic mass is 35.5. The molecule has 21 heavy (non-hydrogen) atoms. The van der Waals surface area contributed by atoms with Gasteiger partial charge in [-0.25, -0.2) is 0 Å². The molecule has 1 aliphatic rings. The third kappa shape index (κ3) is 3.16. The highest BCUT2D eigenvalue weighted by Crippen LogP contribution is 2.38. The molecule has 0 aromatic heterocycles. The zero-order chi connectivity index (χ0) is 15.8. The predicted molar refractivity (Wildman–Crippen MR) is 72.3 cm³/mol.